The van der Waals surface area contributed by atoms with Gasteiger partial charge in [-0.25, -0.2) is 4.39 Å². The quantitative estimate of drug-likeness (QED) is 0.587. The first-order valence-corrected chi connectivity index (χ1v) is 11.2. The third-order valence-electron chi connectivity index (χ3n) is 7.12. The molecule has 2 N–H and O–H groups in total. The van der Waals surface area contributed by atoms with Gasteiger partial charge in [0.1, 0.15) is 5.75 Å². The van der Waals surface area contributed by atoms with Gasteiger partial charge in [0.2, 0.25) is 0 Å². The Morgan fingerprint density at radius 2 is 1.94 bits per heavy atom. The van der Waals surface area contributed by atoms with Crippen molar-refractivity contribution in [3.63, 3.8) is 0 Å². The lowest BCUT2D eigenvalue weighted by atomic mass is 10.0. The Bertz CT molecular complexity index is 987. The summed E-state index contributed by atoms with van der Waals surface area (Å²) in [6, 6.07) is 5.54. The van der Waals surface area contributed by atoms with E-state index >= 15 is 0 Å². The minimum Gasteiger partial charge on any atom is -0.494 e. The van der Waals surface area contributed by atoms with E-state index in [1.54, 1.807) is 11.1 Å². The summed E-state index contributed by atoms with van der Waals surface area (Å²) < 4.78 is 57.7. The van der Waals surface area contributed by atoms with E-state index in [0.717, 1.165) is 30.2 Å². The number of anilines is 1. The predicted octanol–water partition coefficient (Wildman–Crippen LogP) is 4.90. The van der Waals surface area contributed by atoms with Crippen molar-refractivity contribution in [3.8, 4) is 5.75 Å². The maximum atomic E-state index is 14.0. The molecule has 2 heterocycles. The van der Waals surface area contributed by atoms with E-state index in [1.807, 2.05) is 18.2 Å². The monoisotopic (exact) mass is 453 g/mol. The van der Waals surface area contributed by atoms with Gasteiger partial charge in [0.25, 0.3) is 5.91 Å². The van der Waals surface area contributed by atoms with Gasteiger partial charge in [0.15, 0.2) is 5.67 Å². The number of carbonyl (C=O) groups is 1. The van der Waals surface area contributed by atoms with Crippen LogP contribution in [0.25, 0.3) is 10.9 Å². The van der Waals surface area contributed by atoms with Crippen molar-refractivity contribution in [2.24, 2.45) is 17.8 Å². The number of amides is 1. The molecule has 32 heavy (non-hydrogen) atoms. The molecule has 3 fully saturated rings. The largest absolute Gasteiger partial charge is 0.494 e. The third kappa shape index (κ3) is 4.58. The minimum atomic E-state index is -4.12. The predicted molar refractivity (Wildman–Crippen MR) is 112 cm³/mol. The lowest BCUT2D eigenvalue weighted by Crippen LogP contribution is -2.33. The Labute approximate surface area is 183 Å². The molecule has 5 nitrogen and oxygen atoms in total. The summed E-state index contributed by atoms with van der Waals surface area (Å²) in [6.07, 6.45) is 0.835. The van der Waals surface area contributed by atoms with Crippen LogP contribution in [0.4, 0.5) is 23.2 Å². The van der Waals surface area contributed by atoms with Crippen LogP contribution >= 0.6 is 0 Å². The number of aromatic amines is 1. The van der Waals surface area contributed by atoms with Crippen molar-refractivity contribution in [3.05, 3.63) is 24.4 Å². The number of alkyl halides is 4. The number of benzene rings is 1. The van der Waals surface area contributed by atoms with Crippen LogP contribution in [0.2, 0.25) is 0 Å². The molecule has 174 valence electrons. The first kappa shape index (κ1) is 21.6. The molecule has 1 saturated heterocycles. The second-order valence-electron chi connectivity index (χ2n) is 9.63. The molecule has 3 aliphatic rings. The SMILES string of the molecule is O=C(Nc1c[nH]c2ccc(OCCC3C[C@@H]4CN(CC(F)(F)F)C[C@@H]4C3)cc12)C1(F)CC1. The van der Waals surface area contributed by atoms with Crippen LogP contribution < -0.4 is 10.1 Å². The molecule has 0 bridgehead atoms. The number of ether oxygens (including phenoxy) is 1. The summed E-state index contributed by atoms with van der Waals surface area (Å²) in [6.45, 7) is 0.812. The number of rotatable bonds is 7. The molecule has 9 heteroatoms. The summed E-state index contributed by atoms with van der Waals surface area (Å²) in [4.78, 5) is 16.6. The number of carbonyl (C=O) groups excluding carboxylic acids is 1. The summed E-state index contributed by atoms with van der Waals surface area (Å²) in [5.74, 6) is 1.25. The maximum Gasteiger partial charge on any atom is 0.401 e. The van der Waals surface area contributed by atoms with Crippen molar-refractivity contribution in [1.29, 1.82) is 0 Å². The zero-order chi connectivity index (χ0) is 22.5. The topological polar surface area (TPSA) is 57.4 Å². The number of hydrogen-bond donors (Lipinski definition) is 2. The summed E-state index contributed by atoms with van der Waals surface area (Å²) >= 11 is 0. The highest BCUT2D eigenvalue weighted by Crippen LogP contribution is 2.44. The highest BCUT2D eigenvalue weighted by molar-refractivity contribution is 6.06. The molecule has 3 atom stereocenters. The van der Waals surface area contributed by atoms with Gasteiger partial charge >= 0.3 is 6.18 Å². The van der Waals surface area contributed by atoms with Crippen molar-refractivity contribution >= 4 is 22.5 Å². The van der Waals surface area contributed by atoms with E-state index in [2.05, 4.69) is 10.3 Å². The number of nitrogens with zero attached hydrogens (tertiary/aromatic N) is 1. The Hall–Kier alpha value is -2.29. The van der Waals surface area contributed by atoms with Gasteiger partial charge in [-0.15, -0.1) is 0 Å². The molecular weight excluding hydrogens is 426 g/mol. The molecule has 1 unspecified atom stereocenters. The average Bonchev–Trinajstić information content (AvgIpc) is 3.02. The molecule has 2 aromatic rings. The number of aromatic nitrogens is 1. The second kappa shape index (κ2) is 7.93. The molecule has 1 aromatic heterocycles. The van der Waals surface area contributed by atoms with Crippen molar-refractivity contribution in [1.82, 2.24) is 9.88 Å². The van der Waals surface area contributed by atoms with Gasteiger partial charge in [-0.05, 0) is 68.1 Å². The van der Waals surface area contributed by atoms with Crippen molar-refractivity contribution in [2.75, 3.05) is 31.6 Å². The van der Waals surface area contributed by atoms with E-state index in [4.69, 9.17) is 4.74 Å². The van der Waals surface area contributed by atoms with Crippen LogP contribution in [-0.4, -0.2) is 53.9 Å². The third-order valence-corrected chi connectivity index (χ3v) is 7.12. The number of H-pyrrole nitrogens is 1. The Morgan fingerprint density at radius 3 is 2.59 bits per heavy atom. The van der Waals surface area contributed by atoms with E-state index in [-0.39, 0.29) is 12.8 Å². The molecular formula is C23H27F4N3O2. The van der Waals surface area contributed by atoms with E-state index in [0.29, 0.717) is 48.9 Å². The van der Waals surface area contributed by atoms with Crippen molar-refractivity contribution < 1.29 is 27.1 Å². The number of nitrogens with one attached hydrogen (secondary N) is 2. The van der Waals surface area contributed by atoms with Gasteiger partial charge in [-0.2, -0.15) is 13.2 Å². The second-order valence-corrected chi connectivity index (χ2v) is 9.63. The van der Waals surface area contributed by atoms with Gasteiger partial charge in [-0.3, -0.25) is 9.69 Å². The van der Waals surface area contributed by atoms with Crippen molar-refractivity contribution in [2.45, 2.75) is 43.9 Å². The summed E-state index contributed by atoms with van der Waals surface area (Å²) in [5, 5.41) is 3.42. The number of hydrogen-bond acceptors (Lipinski definition) is 3. The molecule has 2 aliphatic carbocycles. The zero-order valence-corrected chi connectivity index (χ0v) is 17.7. The smallest absolute Gasteiger partial charge is 0.401 e. The van der Waals surface area contributed by atoms with Crippen LogP contribution in [-0.2, 0) is 4.79 Å². The number of likely N-dealkylation sites (tertiary alicyclic amines) is 1. The van der Waals surface area contributed by atoms with E-state index in [1.165, 1.54) is 0 Å². The Balaban J connectivity index is 1.12. The van der Waals surface area contributed by atoms with Crippen LogP contribution in [0.5, 0.6) is 5.75 Å². The van der Waals surface area contributed by atoms with E-state index < -0.39 is 24.3 Å². The molecule has 1 aliphatic heterocycles. The fourth-order valence-electron chi connectivity index (χ4n) is 5.35. The molecule has 1 amide bonds. The molecule has 2 saturated carbocycles. The number of fused-ring (bicyclic) bond motifs is 2. The normalized spacial score (nSPS) is 26.9. The lowest BCUT2D eigenvalue weighted by Gasteiger charge is -2.20. The van der Waals surface area contributed by atoms with Gasteiger partial charge in [0, 0.05) is 30.2 Å². The molecule has 0 spiro atoms. The van der Waals surface area contributed by atoms with E-state index in [9.17, 15) is 22.4 Å². The first-order chi connectivity index (χ1) is 15.2. The highest BCUT2D eigenvalue weighted by Gasteiger charge is 2.51. The van der Waals surface area contributed by atoms with Gasteiger partial charge < -0.3 is 15.0 Å². The highest BCUT2D eigenvalue weighted by atomic mass is 19.4. The lowest BCUT2D eigenvalue weighted by molar-refractivity contribution is -0.144. The Morgan fingerprint density at radius 1 is 1.22 bits per heavy atom. The van der Waals surface area contributed by atoms with Gasteiger partial charge in [-0.1, -0.05) is 0 Å². The zero-order valence-electron chi connectivity index (χ0n) is 17.7. The average molecular weight is 453 g/mol. The molecule has 0 radical (unpaired) electrons. The van der Waals surface area contributed by atoms with Crippen LogP contribution in [0, 0.1) is 17.8 Å². The Kier molecular flexibility index (Phi) is 5.34. The maximum absolute atomic E-state index is 14.0. The van der Waals surface area contributed by atoms with Crippen LogP contribution in [0.1, 0.15) is 32.1 Å². The van der Waals surface area contributed by atoms with Crippen LogP contribution in [0.3, 0.4) is 0 Å². The summed E-state index contributed by atoms with van der Waals surface area (Å²) in [7, 11) is 0. The standard InChI is InChI=1S/C23H27F4N3O2/c24-22(4-5-22)21(31)29-20-10-28-19-2-1-17(9-18(19)20)32-6-3-14-7-15-11-30(12-16(15)8-14)13-23(25,26)27/h1-2,9-10,14-16,28H,3-8,11-13H2,(H,29,31)/t14?,15-,16+. The first-order valence-electron chi connectivity index (χ1n) is 11.2. The number of halogens is 4. The van der Waals surface area contributed by atoms with Crippen LogP contribution in [0.15, 0.2) is 24.4 Å². The molecule has 5 rings (SSSR count). The summed E-state index contributed by atoms with van der Waals surface area (Å²) in [5.41, 5.74) is -0.379. The minimum absolute atomic E-state index is 0.263. The van der Waals surface area contributed by atoms with Gasteiger partial charge in [0.05, 0.1) is 18.8 Å². The fourth-order valence-corrected chi connectivity index (χ4v) is 5.35. The molecule has 1 aromatic carbocycles. The fraction of sp³-hybridized carbons (Fsp3) is 0.609.